The van der Waals surface area contributed by atoms with Crippen LogP contribution in [0.1, 0.15) is 16.7 Å². The van der Waals surface area contributed by atoms with Gasteiger partial charge in [-0.1, -0.05) is 41.4 Å². The summed E-state index contributed by atoms with van der Waals surface area (Å²) in [5.41, 5.74) is 2.93. The summed E-state index contributed by atoms with van der Waals surface area (Å²) in [5.74, 6) is 1.97. The fourth-order valence-corrected chi connectivity index (χ4v) is 6.03. The van der Waals surface area contributed by atoms with Crippen LogP contribution in [-0.4, -0.2) is 20.8 Å². The molecule has 0 aliphatic carbocycles. The standard InChI is InChI=1S/C31H26O7S2/c1-21-3-4-23(18-31(21)39-38-37-32)17-22-5-13-29(14-6-22)40(33,34)30-15-11-26(12-16-30)36-28-10-8-24-19-27(35-2)9-7-25(24)20-28/h3-16,18-20,32H,17H2,1-2H3. The molecule has 0 aromatic heterocycles. The molecule has 0 amide bonds. The maximum atomic E-state index is 13.3. The van der Waals surface area contributed by atoms with Crippen molar-refractivity contribution >= 4 is 32.7 Å². The topological polar surface area (TPSA) is 91.3 Å². The van der Waals surface area contributed by atoms with E-state index in [4.69, 9.17) is 14.7 Å². The fraction of sp³-hybridized carbons (Fsp3) is 0.0968. The molecule has 0 fully saturated rings. The summed E-state index contributed by atoms with van der Waals surface area (Å²) >= 11 is 0.913. The first-order valence-corrected chi connectivity index (χ1v) is 14.5. The molecule has 0 radical (unpaired) electrons. The lowest BCUT2D eigenvalue weighted by atomic mass is 10.0. The van der Waals surface area contributed by atoms with E-state index < -0.39 is 9.84 Å². The van der Waals surface area contributed by atoms with E-state index in [1.54, 1.807) is 55.6 Å². The molecular formula is C31H26O7S2. The zero-order valence-corrected chi connectivity index (χ0v) is 23.4. The van der Waals surface area contributed by atoms with Gasteiger partial charge in [0.2, 0.25) is 9.84 Å². The lowest BCUT2D eigenvalue weighted by molar-refractivity contribution is -0.432. The second-order valence-electron chi connectivity index (χ2n) is 9.10. The molecule has 0 aliphatic heterocycles. The van der Waals surface area contributed by atoms with Gasteiger partial charge in [0.1, 0.15) is 17.2 Å². The minimum Gasteiger partial charge on any atom is -0.497 e. The number of methoxy groups -OCH3 is 1. The van der Waals surface area contributed by atoms with Crippen LogP contribution in [0.15, 0.2) is 118 Å². The van der Waals surface area contributed by atoms with Crippen molar-refractivity contribution in [3.8, 4) is 17.2 Å². The Balaban J connectivity index is 1.27. The number of aryl methyl sites for hydroxylation is 1. The molecule has 0 heterocycles. The molecule has 5 aromatic rings. The van der Waals surface area contributed by atoms with Gasteiger partial charge in [0, 0.05) is 4.90 Å². The van der Waals surface area contributed by atoms with Gasteiger partial charge in [0.25, 0.3) is 0 Å². The van der Waals surface area contributed by atoms with Crippen molar-refractivity contribution in [3.63, 3.8) is 0 Å². The smallest absolute Gasteiger partial charge is 0.206 e. The van der Waals surface area contributed by atoms with E-state index in [0.29, 0.717) is 17.9 Å². The van der Waals surface area contributed by atoms with Gasteiger partial charge in [-0.25, -0.2) is 13.7 Å². The predicted octanol–water partition coefficient (Wildman–Crippen LogP) is 7.80. The quantitative estimate of drug-likeness (QED) is 0.103. The average Bonchev–Trinajstić information content (AvgIpc) is 2.97. The normalized spacial score (nSPS) is 11.5. The van der Waals surface area contributed by atoms with Gasteiger partial charge >= 0.3 is 0 Å². The summed E-state index contributed by atoms with van der Waals surface area (Å²) in [6.07, 6.45) is 0.600. The van der Waals surface area contributed by atoms with E-state index in [1.807, 2.05) is 61.5 Å². The number of rotatable bonds is 10. The van der Waals surface area contributed by atoms with Crippen LogP contribution in [0.4, 0.5) is 0 Å². The molecule has 5 rings (SSSR count). The summed E-state index contributed by atoms with van der Waals surface area (Å²) < 4.78 is 42.3. The van der Waals surface area contributed by atoms with Crippen LogP contribution in [0.2, 0.25) is 0 Å². The van der Waals surface area contributed by atoms with Gasteiger partial charge in [-0.05, 0) is 108 Å². The van der Waals surface area contributed by atoms with Crippen molar-refractivity contribution in [1.82, 2.24) is 0 Å². The first-order valence-electron chi connectivity index (χ1n) is 12.3. The fourth-order valence-electron chi connectivity index (χ4n) is 4.27. The molecule has 0 atom stereocenters. The van der Waals surface area contributed by atoms with Gasteiger partial charge in [-0.15, -0.1) is 4.33 Å². The number of sulfone groups is 1. The molecule has 40 heavy (non-hydrogen) atoms. The predicted molar refractivity (Wildman–Crippen MR) is 154 cm³/mol. The lowest BCUT2D eigenvalue weighted by Gasteiger charge is -2.10. The van der Waals surface area contributed by atoms with Crippen LogP contribution in [-0.2, 0) is 25.6 Å². The highest BCUT2D eigenvalue weighted by Gasteiger charge is 2.18. The Bertz CT molecular complexity index is 1730. The van der Waals surface area contributed by atoms with Crippen LogP contribution in [0.5, 0.6) is 17.2 Å². The molecule has 0 unspecified atom stereocenters. The van der Waals surface area contributed by atoms with Crippen LogP contribution >= 0.6 is 12.0 Å². The Labute approximate surface area is 236 Å². The highest BCUT2D eigenvalue weighted by atomic mass is 32.2. The van der Waals surface area contributed by atoms with Crippen molar-refractivity contribution < 1.29 is 32.5 Å². The number of fused-ring (bicyclic) bond motifs is 1. The van der Waals surface area contributed by atoms with E-state index in [1.165, 1.54) is 0 Å². The molecule has 204 valence electrons. The van der Waals surface area contributed by atoms with Gasteiger partial charge in [0.05, 0.1) is 28.9 Å². The van der Waals surface area contributed by atoms with Gasteiger partial charge in [0.15, 0.2) is 0 Å². The summed E-state index contributed by atoms with van der Waals surface area (Å²) in [4.78, 5) is 1.20. The molecule has 0 saturated heterocycles. The third kappa shape index (κ3) is 6.30. The molecule has 1 N–H and O–H groups in total. The monoisotopic (exact) mass is 574 g/mol. The zero-order valence-electron chi connectivity index (χ0n) is 21.7. The number of ether oxygens (including phenoxy) is 2. The first kappa shape index (κ1) is 27.7. The second kappa shape index (κ2) is 12.1. The van der Waals surface area contributed by atoms with E-state index in [9.17, 15) is 8.42 Å². The molecule has 0 saturated carbocycles. The van der Waals surface area contributed by atoms with E-state index in [2.05, 4.69) is 9.37 Å². The summed E-state index contributed by atoms with van der Waals surface area (Å²) in [6.45, 7) is 1.92. The van der Waals surface area contributed by atoms with Crippen LogP contribution in [0.3, 0.4) is 0 Å². The third-order valence-electron chi connectivity index (χ3n) is 6.44. The van der Waals surface area contributed by atoms with E-state index in [-0.39, 0.29) is 9.79 Å². The Morgan fingerprint density at radius 2 is 1.27 bits per heavy atom. The minimum atomic E-state index is -3.70. The van der Waals surface area contributed by atoms with E-state index in [0.717, 1.165) is 50.2 Å². The lowest BCUT2D eigenvalue weighted by Crippen LogP contribution is -2.02. The molecule has 0 spiro atoms. The zero-order chi connectivity index (χ0) is 28.1. The van der Waals surface area contributed by atoms with Gasteiger partial charge < -0.3 is 9.47 Å². The van der Waals surface area contributed by atoms with E-state index >= 15 is 0 Å². The van der Waals surface area contributed by atoms with Crippen molar-refractivity contribution in [2.75, 3.05) is 7.11 Å². The summed E-state index contributed by atoms with van der Waals surface area (Å²) in [5, 5.41) is 14.1. The SMILES string of the molecule is COc1ccc2cc(Oc3ccc(S(=O)(=O)c4ccc(Cc5ccc(C)c(SOOO)c5)cc4)cc3)ccc2c1. The van der Waals surface area contributed by atoms with Crippen molar-refractivity contribution in [3.05, 3.63) is 120 Å². The number of hydrogen-bond donors (Lipinski definition) is 1. The maximum Gasteiger partial charge on any atom is 0.206 e. The molecule has 0 bridgehead atoms. The Morgan fingerprint density at radius 3 is 1.93 bits per heavy atom. The maximum absolute atomic E-state index is 13.3. The third-order valence-corrected chi connectivity index (χ3v) is 8.97. The molecule has 7 nitrogen and oxygen atoms in total. The first-order chi connectivity index (χ1) is 19.4. The van der Waals surface area contributed by atoms with Crippen molar-refractivity contribution in [2.24, 2.45) is 0 Å². The Kier molecular flexibility index (Phi) is 8.39. The molecule has 0 aliphatic rings. The second-order valence-corrected chi connectivity index (χ2v) is 11.8. The molecule has 5 aromatic carbocycles. The van der Waals surface area contributed by atoms with Crippen LogP contribution in [0.25, 0.3) is 10.8 Å². The van der Waals surface area contributed by atoms with Crippen LogP contribution in [0, 0.1) is 6.92 Å². The van der Waals surface area contributed by atoms with Gasteiger partial charge in [-0.3, -0.25) is 0 Å². The minimum absolute atomic E-state index is 0.185. The Hall–Kier alpha value is -3.86. The summed E-state index contributed by atoms with van der Waals surface area (Å²) in [7, 11) is -2.07. The highest BCUT2D eigenvalue weighted by Crippen LogP contribution is 2.30. The number of hydrogen-bond acceptors (Lipinski definition) is 8. The highest BCUT2D eigenvalue weighted by molar-refractivity contribution is 7.94. The summed E-state index contributed by atoms with van der Waals surface area (Å²) in [6, 6.07) is 30.7. The molecule has 9 heteroatoms. The van der Waals surface area contributed by atoms with Crippen molar-refractivity contribution in [2.45, 2.75) is 28.0 Å². The average molecular weight is 575 g/mol. The number of benzene rings is 5. The van der Waals surface area contributed by atoms with Gasteiger partial charge in [-0.2, -0.15) is 0 Å². The largest absolute Gasteiger partial charge is 0.497 e. The van der Waals surface area contributed by atoms with Crippen LogP contribution < -0.4 is 9.47 Å². The Morgan fingerprint density at radius 1 is 0.700 bits per heavy atom. The van der Waals surface area contributed by atoms with Crippen molar-refractivity contribution in [1.29, 1.82) is 0 Å². The molecular weight excluding hydrogens is 548 g/mol.